The van der Waals surface area contributed by atoms with E-state index in [0.717, 1.165) is 22.6 Å². The highest BCUT2D eigenvalue weighted by Gasteiger charge is 2.15. The van der Waals surface area contributed by atoms with Crippen LogP contribution in [-0.2, 0) is 6.54 Å². The highest BCUT2D eigenvalue weighted by molar-refractivity contribution is 5.90. The zero-order chi connectivity index (χ0) is 15.0. The van der Waals surface area contributed by atoms with E-state index in [2.05, 4.69) is 30.6 Å². The predicted molar refractivity (Wildman–Crippen MR) is 74.8 cm³/mol. The number of aryl methyl sites for hydroxylation is 3. The molecular weight excluding hydrogens is 270 g/mol. The molecule has 0 aliphatic carbocycles. The maximum atomic E-state index is 12.1. The summed E-state index contributed by atoms with van der Waals surface area (Å²) in [6.07, 6.45) is 1.68. The molecule has 1 amide bonds. The monoisotopic (exact) mass is 285 g/mol. The van der Waals surface area contributed by atoms with Crippen molar-refractivity contribution in [3.8, 4) is 0 Å². The minimum absolute atomic E-state index is 0.109. The lowest BCUT2D eigenvalue weighted by Crippen LogP contribution is -2.24. The van der Waals surface area contributed by atoms with Gasteiger partial charge in [0.25, 0.3) is 11.7 Å². The topological polar surface area (TPSA) is 101 Å². The fraction of sp³-hybridized carbons (Fsp3) is 0.308. The standard InChI is InChI=1S/C13H15N7O/c1-7-4-8(2)20-13(16-7)17-11(19-20)12(21)14-5-10-6-15-18-9(10)3/h4,6H,5H2,1-3H3,(H,14,21)(H,15,18). The lowest BCUT2D eigenvalue weighted by Gasteiger charge is -2.00. The molecule has 3 rings (SSSR count). The van der Waals surface area contributed by atoms with Gasteiger partial charge in [0.15, 0.2) is 0 Å². The quantitative estimate of drug-likeness (QED) is 0.737. The van der Waals surface area contributed by atoms with E-state index in [-0.39, 0.29) is 11.7 Å². The van der Waals surface area contributed by atoms with Crippen molar-refractivity contribution in [3.63, 3.8) is 0 Å². The summed E-state index contributed by atoms with van der Waals surface area (Å²) in [6, 6.07) is 1.89. The number of H-pyrrole nitrogens is 1. The third-order valence-corrected chi connectivity index (χ3v) is 3.20. The number of carbonyl (C=O) groups excluding carboxylic acids is 1. The van der Waals surface area contributed by atoms with Gasteiger partial charge in [0.2, 0.25) is 5.82 Å². The number of rotatable bonds is 3. The molecule has 0 atom stereocenters. The average molecular weight is 285 g/mol. The zero-order valence-corrected chi connectivity index (χ0v) is 12.0. The van der Waals surface area contributed by atoms with Crippen LogP contribution in [0.25, 0.3) is 5.78 Å². The number of carbonyl (C=O) groups is 1. The fourth-order valence-corrected chi connectivity index (χ4v) is 2.07. The van der Waals surface area contributed by atoms with E-state index in [1.165, 1.54) is 0 Å². The summed E-state index contributed by atoms with van der Waals surface area (Å²) < 4.78 is 1.56. The van der Waals surface area contributed by atoms with E-state index in [1.54, 1.807) is 10.7 Å². The Morgan fingerprint density at radius 3 is 2.86 bits per heavy atom. The Bertz CT molecular complexity index is 817. The molecule has 0 spiro atoms. The van der Waals surface area contributed by atoms with E-state index < -0.39 is 0 Å². The number of amides is 1. The van der Waals surface area contributed by atoms with Crippen LogP contribution in [0.4, 0.5) is 0 Å². The predicted octanol–water partition coefficient (Wildman–Crippen LogP) is 0.703. The van der Waals surface area contributed by atoms with Gasteiger partial charge in [-0.15, -0.1) is 5.10 Å². The van der Waals surface area contributed by atoms with Crippen LogP contribution >= 0.6 is 0 Å². The Morgan fingerprint density at radius 1 is 1.33 bits per heavy atom. The molecule has 0 radical (unpaired) electrons. The van der Waals surface area contributed by atoms with Gasteiger partial charge in [0.05, 0.1) is 6.20 Å². The highest BCUT2D eigenvalue weighted by Crippen LogP contribution is 2.06. The summed E-state index contributed by atoms with van der Waals surface area (Å²) >= 11 is 0. The van der Waals surface area contributed by atoms with E-state index in [0.29, 0.717) is 12.3 Å². The van der Waals surface area contributed by atoms with Crippen LogP contribution in [-0.4, -0.2) is 35.7 Å². The summed E-state index contributed by atoms with van der Waals surface area (Å²) in [5.41, 5.74) is 3.58. The minimum atomic E-state index is -0.335. The second-order valence-electron chi connectivity index (χ2n) is 4.89. The molecule has 8 heteroatoms. The van der Waals surface area contributed by atoms with E-state index in [1.807, 2.05) is 26.8 Å². The normalized spacial score (nSPS) is 11.0. The summed E-state index contributed by atoms with van der Waals surface area (Å²) in [6.45, 7) is 6.05. The van der Waals surface area contributed by atoms with Gasteiger partial charge in [0.1, 0.15) is 0 Å². The van der Waals surface area contributed by atoms with Crippen molar-refractivity contribution in [2.75, 3.05) is 0 Å². The summed E-state index contributed by atoms with van der Waals surface area (Å²) in [4.78, 5) is 20.5. The summed E-state index contributed by atoms with van der Waals surface area (Å²) in [5.74, 6) is 0.202. The number of aromatic nitrogens is 6. The van der Waals surface area contributed by atoms with Gasteiger partial charge in [-0.05, 0) is 26.8 Å². The van der Waals surface area contributed by atoms with Crippen molar-refractivity contribution in [1.29, 1.82) is 0 Å². The Kier molecular flexibility index (Phi) is 3.13. The Balaban J connectivity index is 1.82. The first-order valence-corrected chi connectivity index (χ1v) is 6.52. The van der Waals surface area contributed by atoms with Crippen LogP contribution in [0.2, 0.25) is 0 Å². The van der Waals surface area contributed by atoms with Crippen LogP contribution in [0.1, 0.15) is 33.3 Å². The number of hydrogen-bond donors (Lipinski definition) is 2. The largest absolute Gasteiger partial charge is 0.345 e. The summed E-state index contributed by atoms with van der Waals surface area (Å²) in [7, 11) is 0. The molecule has 3 aromatic heterocycles. The summed E-state index contributed by atoms with van der Waals surface area (Å²) in [5, 5.41) is 13.7. The molecule has 0 saturated carbocycles. The Hall–Kier alpha value is -2.77. The van der Waals surface area contributed by atoms with Crippen LogP contribution in [0.5, 0.6) is 0 Å². The van der Waals surface area contributed by atoms with Crippen LogP contribution in [0, 0.1) is 20.8 Å². The first-order chi connectivity index (χ1) is 10.0. The molecule has 0 aliphatic rings. The Morgan fingerprint density at radius 2 is 2.14 bits per heavy atom. The molecule has 0 saturated heterocycles. The number of nitrogens with one attached hydrogen (secondary N) is 2. The van der Waals surface area contributed by atoms with Gasteiger partial charge in [-0.1, -0.05) is 0 Å². The molecule has 3 aromatic rings. The lowest BCUT2D eigenvalue weighted by atomic mass is 10.2. The van der Waals surface area contributed by atoms with Crippen molar-refractivity contribution < 1.29 is 4.79 Å². The van der Waals surface area contributed by atoms with Crippen molar-refractivity contribution in [2.24, 2.45) is 0 Å². The second-order valence-corrected chi connectivity index (χ2v) is 4.89. The molecule has 0 aromatic carbocycles. The average Bonchev–Trinajstić information content (AvgIpc) is 3.02. The van der Waals surface area contributed by atoms with Gasteiger partial charge < -0.3 is 5.32 Å². The third kappa shape index (κ3) is 2.47. The van der Waals surface area contributed by atoms with Crippen molar-refractivity contribution in [2.45, 2.75) is 27.3 Å². The molecule has 21 heavy (non-hydrogen) atoms. The van der Waals surface area contributed by atoms with Gasteiger partial charge in [-0.2, -0.15) is 10.1 Å². The fourth-order valence-electron chi connectivity index (χ4n) is 2.07. The molecule has 108 valence electrons. The number of hydrogen-bond acceptors (Lipinski definition) is 5. The van der Waals surface area contributed by atoms with Gasteiger partial charge in [-0.25, -0.2) is 9.50 Å². The second kappa shape index (κ2) is 4.97. The number of nitrogens with zero attached hydrogens (tertiary/aromatic N) is 5. The van der Waals surface area contributed by atoms with Crippen LogP contribution < -0.4 is 5.32 Å². The van der Waals surface area contributed by atoms with E-state index >= 15 is 0 Å². The van der Waals surface area contributed by atoms with Crippen LogP contribution in [0.15, 0.2) is 12.3 Å². The van der Waals surface area contributed by atoms with Crippen molar-refractivity contribution >= 4 is 11.7 Å². The number of aromatic amines is 1. The molecule has 0 fully saturated rings. The smallest absolute Gasteiger partial charge is 0.291 e. The minimum Gasteiger partial charge on any atom is -0.345 e. The maximum absolute atomic E-state index is 12.1. The van der Waals surface area contributed by atoms with Gasteiger partial charge in [-0.3, -0.25) is 9.89 Å². The van der Waals surface area contributed by atoms with Crippen molar-refractivity contribution in [1.82, 2.24) is 35.1 Å². The Labute approximate surface area is 120 Å². The molecule has 3 heterocycles. The van der Waals surface area contributed by atoms with Crippen LogP contribution in [0.3, 0.4) is 0 Å². The van der Waals surface area contributed by atoms with Gasteiger partial charge in [0, 0.05) is 29.2 Å². The van der Waals surface area contributed by atoms with E-state index in [4.69, 9.17) is 0 Å². The lowest BCUT2D eigenvalue weighted by molar-refractivity contribution is 0.0940. The molecular formula is C13H15N7O. The highest BCUT2D eigenvalue weighted by atomic mass is 16.2. The number of fused-ring (bicyclic) bond motifs is 1. The molecule has 8 nitrogen and oxygen atoms in total. The van der Waals surface area contributed by atoms with Gasteiger partial charge >= 0.3 is 0 Å². The molecule has 0 unspecified atom stereocenters. The SMILES string of the molecule is Cc1cc(C)n2nc(C(=O)NCc3cn[nH]c3C)nc2n1. The maximum Gasteiger partial charge on any atom is 0.291 e. The first kappa shape index (κ1) is 13.2. The molecule has 0 aliphatic heterocycles. The van der Waals surface area contributed by atoms with E-state index in [9.17, 15) is 4.79 Å². The molecule has 0 bridgehead atoms. The third-order valence-electron chi connectivity index (χ3n) is 3.20. The zero-order valence-electron chi connectivity index (χ0n) is 12.0. The van der Waals surface area contributed by atoms with Crippen molar-refractivity contribution in [3.05, 3.63) is 40.7 Å². The first-order valence-electron chi connectivity index (χ1n) is 6.52. The molecule has 2 N–H and O–H groups in total.